The fourth-order valence-corrected chi connectivity index (χ4v) is 4.74. The Hall–Kier alpha value is -3.64. The summed E-state index contributed by atoms with van der Waals surface area (Å²) in [6.45, 7) is 0. The minimum Gasteiger partial charge on any atom is -0.0722 e. The number of hydrogen-bond donors (Lipinski definition) is 0. The zero-order chi connectivity index (χ0) is 19.9. The molecule has 0 nitrogen and oxygen atoms in total. The van der Waals surface area contributed by atoms with Gasteiger partial charge in [-0.1, -0.05) is 97.1 Å². The number of hydrogen-bond acceptors (Lipinski definition) is 0. The summed E-state index contributed by atoms with van der Waals surface area (Å²) in [7, 11) is 0. The predicted molar refractivity (Wildman–Crippen MR) is 129 cm³/mol. The van der Waals surface area contributed by atoms with Crippen LogP contribution in [0.25, 0.3) is 44.8 Å². The summed E-state index contributed by atoms with van der Waals surface area (Å²) in [5.74, 6) is 0. The molecule has 0 radical (unpaired) electrons. The molecule has 0 spiro atoms. The molecule has 0 heteroatoms. The normalized spacial score (nSPS) is 15.2. The van der Waals surface area contributed by atoms with Crippen molar-refractivity contribution in [2.45, 2.75) is 12.8 Å². The first-order valence-electron chi connectivity index (χ1n) is 10.6. The summed E-state index contributed by atoms with van der Waals surface area (Å²) in [6.07, 6.45) is 6.62. The minimum absolute atomic E-state index is 0.928. The molecule has 0 aliphatic heterocycles. The van der Waals surface area contributed by atoms with Crippen molar-refractivity contribution in [3.63, 3.8) is 0 Å². The van der Waals surface area contributed by atoms with E-state index in [0.717, 1.165) is 12.8 Å². The van der Waals surface area contributed by atoms with Gasteiger partial charge in [-0.2, -0.15) is 0 Å². The summed E-state index contributed by atoms with van der Waals surface area (Å²) < 4.78 is 0. The van der Waals surface area contributed by atoms with Gasteiger partial charge < -0.3 is 0 Å². The molecule has 0 saturated carbocycles. The third kappa shape index (κ3) is 2.93. The monoisotopic (exact) mass is 382 g/mol. The fourth-order valence-electron chi connectivity index (χ4n) is 4.74. The third-order valence-electron chi connectivity index (χ3n) is 6.31. The Labute approximate surface area is 176 Å². The Morgan fingerprint density at radius 1 is 0.400 bits per heavy atom. The average molecular weight is 383 g/mol. The van der Waals surface area contributed by atoms with Gasteiger partial charge in [0.1, 0.15) is 0 Å². The quantitative estimate of drug-likeness (QED) is 0.307. The van der Waals surface area contributed by atoms with Crippen LogP contribution < -0.4 is 10.4 Å². The van der Waals surface area contributed by atoms with Crippen molar-refractivity contribution in [3.8, 4) is 11.1 Å². The van der Waals surface area contributed by atoms with Gasteiger partial charge in [-0.25, -0.2) is 0 Å². The Balaban J connectivity index is 1.73. The van der Waals surface area contributed by atoms with Gasteiger partial charge in [-0.3, -0.25) is 0 Å². The summed E-state index contributed by atoms with van der Waals surface area (Å²) in [4.78, 5) is 0. The highest BCUT2D eigenvalue weighted by Crippen LogP contribution is 2.35. The molecule has 142 valence electrons. The number of fused-ring (bicyclic) bond motifs is 6. The topological polar surface area (TPSA) is 0 Å². The van der Waals surface area contributed by atoms with Crippen LogP contribution in [-0.4, -0.2) is 0 Å². The maximum Gasteiger partial charge on any atom is -0.00819 e. The zero-order valence-electron chi connectivity index (χ0n) is 16.8. The van der Waals surface area contributed by atoms with Crippen molar-refractivity contribution in [2.75, 3.05) is 0 Å². The van der Waals surface area contributed by atoms with E-state index in [2.05, 4.69) is 109 Å². The Bertz CT molecular complexity index is 1420. The molecule has 0 fully saturated rings. The van der Waals surface area contributed by atoms with Crippen molar-refractivity contribution in [2.24, 2.45) is 0 Å². The smallest absolute Gasteiger partial charge is 0.00819 e. The van der Waals surface area contributed by atoms with Crippen molar-refractivity contribution in [1.29, 1.82) is 0 Å². The van der Waals surface area contributed by atoms with E-state index in [1.165, 1.54) is 54.2 Å². The summed E-state index contributed by atoms with van der Waals surface area (Å²) in [5.41, 5.74) is 5.50. The van der Waals surface area contributed by atoms with Crippen molar-refractivity contribution >= 4 is 33.7 Å². The second-order valence-corrected chi connectivity index (χ2v) is 8.16. The minimum atomic E-state index is 0.928. The zero-order valence-corrected chi connectivity index (χ0v) is 16.8. The van der Waals surface area contributed by atoms with Gasteiger partial charge in [0.25, 0.3) is 0 Å². The van der Waals surface area contributed by atoms with Gasteiger partial charge in [0.15, 0.2) is 0 Å². The van der Waals surface area contributed by atoms with Gasteiger partial charge in [0.05, 0.1) is 0 Å². The van der Waals surface area contributed by atoms with Crippen LogP contribution in [0.15, 0.2) is 97.1 Å². The Kier molecular flexibility index (Phi) is 4.02. The number of benzene rings is 5. The lowest BCUT2D eigenvalue weighted by Gasteiger charge is -2.16. The Morgan fingerprint density at radius 2 is 0.767 bits per heavy atom. The van der Waals surface area contributed by atoms with Crippen LogP contribution in [0.4, 0.5) is 0 Å². The highest BCUT2D eigenvalue weighted by molar-refractivity contribution is 5.94. The molecule has 6 rings (SSSR count). The molecule has 0 atom stereocenters. The highest BCUT2D eigenvalue weighted by Gasteiger charge is 2.13. The van der Waals surface area contributed by atoms with E-state index in [1.54, 1.807) is 0 Å². The molecule has 1 aliphatic rings. The first-order chi connectivity index (χ1) is 14.8. The van der Waals surface area contributed by atoms with E-state index in [1.807, 2.05) is 0 Å². The third-order valence-corrected chi connectivity index (χ3v) is 6.31. The van der Waals surface area contributed by atoms with Crippen molar-refractivity contribution in [1.82, 2.24) is 0 Å². The highest BCUT2D eigenvalue weighted by atomic mass is 14.2. The van der Waals surface area contributed by atoms with Crippen LogP contribution in [0, 0.1) is 0 Å². The molecular formula is C30H22. The fraction of sp³-hybridized carbons (Fsp3) is 0.0667. The van der Waals surface area contributed by atoms with Gasteiger partial charge in [0, 0.05) is 0 Å². The standard InChI is InChI=1S/C30H22/c1-2-8-22-14-16-28-18-24-10-4-6-12-26(24)20-30(28)29-19-25-11-5-3-9-23(25)17-27(29)15-13-21(22)7-1/h1-14,17-20H,15-16H2/b21-13-,22-14-. The second-order valence-electron chi connectivity index (χ2n) is 8.16. The van der Waals surface area contributed by atoms with E-state index in [0.29, 0.717) is 0 Å². The van der Waals surface area contributed by atoms with Crippen molar-refractivity contribution < 1.29 is 0 Å². The first kappa shape index (κ1) is 17.2. The summed E-state index contributed by atoms with van der Waals surface area (Å²) in [6, 6.07) is 35.7. The maximum absolute atomic E-state index is 2.39. The molecule has 5 aromatic rings. The molecule has 1 aliphatic carbocycles. The maximum atomic E-state index is 2.39. The van der Waals surface area contributed by atoms with E-state index in [9.17, 15) is 0 Å². The average Bonchev–Trinajstić information content (AvgIpc) is 2.80. The van der Waals surface area contributed by atoms with Gasteiger partial charge in [-0.05, 0) is 79.2 Å². The molecular weight excluding hydrogens is 360 g/mol. The summed E-state index contributed by atoms with van der Waals surface area (Å²) >= 11 is 0. The molecule has 0 amide bonds. The molecule has 0 saturated heterocycles. The van der Waals surface area contributed by atoms with E-state index < -0.39 is 0 Å². The molecule has 0 unspecified atom stereocenters. The molecule has 30 heavy (non-hydrogen) atoms. The largest absolute Gasteiger partial charge is 0.0722 e. The van der Waals surface area contributed by atoms with Gasteiger partial charge in [0.2, 0.25) is 0 Å². The predicted octanol–water partition coefficient (Wildman–Crippen LogP) is 6.02. The molecule has 0 aromatic heterocycles. The van der Waals surface area contributed by atoms with Crippen molar-refractivity contribution in [3.05, 3.63) is 119 Å². The molecule has 0 heterocycles. The first-order valence-corrected chi connectivity index (χ1v) is 10.6. The van der Waals surface area contributed by atoms with Crippen LogP contribution in [-0.2, 0) is 12.8 Å². The molecule has 0 bridgehead atoms. The molecule has 0 N–H and O–H groups in total. The van der Waals surface area contributed by atoms with E-state index in [-0.39, 0.29) is 0 Å². The second kappa shape index (κ2) is 7.00. The van der Waals surface area contributed by atoms with Gasteiger partial charge >= 0.3 is 0 Å². The van der Waals surface area contributed by atoms with Crippen LogP contribution >= 0.6 is 0 Å². The lowest BCUT2D eigenvalue weighted by Crippen LogP contribution is -2.24. The van der Waals surface area contributed by atoms with E-state index in [4.69, 9.17) is 0 Å². The van der Waals surface area contributed by atoms with Gasteiger partial charge in [-0.15, -0.1) is 0 Å². The SMILES string of the molecule is C1=c2/cccc/c2=C/Cc2cc3ccccc3cc2-c2cc3ccccc3cc2C/1. The lowest BCUT2D eigenvalue weighted by atomic mass is 9.87. The van der Waals surface area contributed by atoms with E-state index >= 15 is 0 Å². The van der Waals surface area contributed by atoms with Crippen LogP contribution in [0.5, 0.6) is 0 Å². The van der Waals surface area contributed by atoms with Crippen LogP contribution in [0.2, 0.25) is 0 Å². The number of rotatable bonds is 0. The van der Waals surface area contributed by atoms with Crippen LogP contribution in [0.1, 0.15) is 11.1 Å². The Morgan fingerprint density at radius 3 is 1.20 bits per heavy atom. The summed E-state index contributed by atoms with van der Waals surface area (Å²) in [5, 5.41) is 7.86. The van der Waals surface area contributed by atoms with Crippen LogP contribution in [0.3, 0.4) is 0 Å². The lowest BCUT2D eigenvalue weighted by molar-refractivity contribution is 1.27. The molecule has 5 aromatic carbocycles.